The molecule has 0 aromatic heterocycles. The maximum Gasteiger partial charge on any atom is 0.365 e. The Morgan fingerprint density at radius 3 is 2.00 bits per heavy atom. The minimum atomic E-state index is -3.70. The van der Waals surface area contributed by atoms with Crippen LogP contribution in [0.3, 0.4) is 0 Å². The molecule has 0 aliphatic carbocycles. The quantitative estimate of drug-likeness (QED) is 0.811. The normalized spacial score (nSPS) is 14.8. The summed E-state index contributed by atoms with van der Waals surface area (Å²) < 4.78 is 32.3. The first-order valence-corrected chi connectivity index (χ1v) is 7.07. The first-order valence-electron chi connectivity index (χ1n) is 5.52. The van der Waals surface area contributed by atoms with Crippen molar-refractivity contribution < 1.29 is 28.2 Å². The van der Waals surface area contributed by atoms with E-state index in [4.69, 9.17) is 18.5 Å². The van der Waals surface area contributed by atoms with Gasteiger partial charge in [-0.15, -0.1) is 0 Å². The van der Waals surface area contributed by atoms with Crippen LogP contribution in [0.5, 0.6) is 11.5 Å². The van der Waals surface area contributed by atoms with Crippen LogP contribution in [0.4, 0.5) is 0 Å². The molecule has 0 saturated heterocycles. The van der Waals surface area contributed by atoms with E-state index in [0.29, 0.717) is 17.1 Å². The van der Waals surface area contributed by atoms with E-state index in [0.717, 1.165) is 0 Å². The largest absolute Gasteiger partial charge is 0.493 e. The summed E-state index contributed by atoms with van der Waals surface area (Å²) in [5.41, 5.74) is 0.345. The second kappa shape index (κ2) is 5.92. The van der Waals surface area contributed by atoms with Crippen molar-refractivity contribution in [3.63, 3.8) is 0 Å². The van der Waals surface area contributed by atoms with Gasteiger partial charge in [0.2, 0.25) is 0 Å². The standard InChI is InChI=1S/C12H19O6P/c1-12(13,19(14,17-4)18-5)9-6-7-10(15-2)11(8-9)16-3/h6-8,13H,1-5H3/t12-/m0/s1. The monoisotopic (exact) mass is 290 g/mol. The van der Waals surface area contributed by atoms with Gasteiger partial charge in [0, 0.05) is 14.2 Å². The fourth-order valence-electron chi connectivity index (χ4n) is 1.72. The third-order valence-electron chi connectivity index (χ3n) is 2.94. The molecular weight excluding hydrogens is 271 g/mol. The van der Waals surface area contributed by atoms with Gasteiger partial charge in [0.1, 0.15) is 0 Å². The number of hydrogen-bond donors (Lipinski definition) is 1. The van der Waals surface area contributed by atoms with E-state index in [1.54, 1.807) is 12.1 Å². The van der Waals surface area contributed by atoms with E-state index in [9.17, 15) is 9.67 Å². The molecule has 7 heteroatoms. The third kappa shape index (κ3) is 2.77. The summed E-state index contributed by atoms with van der Waals surface area (Å²) in [5.74, 6) is 0.922. The molecule has 1 rings (SSSR count). The van der Waals surface area contributed by atoms with Crippen molar-refractivity contribution >= 4 is 7.60 Å². The number of hydrogen-bond acceptors (Lipinski definition) is 6. The SMILES string of the molecule is COc1ccc([C@@](C)(O)P(=O)(OC)OC)cc1OC. The minimum Gasteiger partial charge on any atom is -0.493 e. The molecule has 108 valence electrons. The zero-order chi connectivity index (χ0) is 14.7. The molecule has 1 atom stereocenters. The topological polar surface area (TPSA) is 74.2 Å². The van der Waals surface area contributed by atoms with Gasteiger partial charge in [0.25, 0.3) is 0 Å². The second-order valence-electron chi connectivity index (χ2n) is 3.95. The van der Waals surface area contributed by atoms with Crippen LogP contribution in [0, 0.1) is 0 Å². The molecule has 19 heavy (non-hydrogen) atoms. The summed E-state index contributed by atoms with van der Waals surface area (Å²) in [4.78, 5) is 0. The van der Waals surface area contributed by atoms with Crippen molar-refractivity contribution in [3.05, 3.63) is 23.8 Å². The number of benzene rings is 1. The lowest BCUT2D eigenvalue weighted by molar-refractivity contribution is 0.0929. The smallest absolute Gasteiger partial charge is 0.365 e. The van der Waals surface area contributed by atoms with Crippen molar-refractivity contribution in [1.29, 1.82) is 0 Å². The molecule has 1 N–H and O–H groups in total. The molecule has 0 radical (unpaired) electrons. The highest BCUT2D eigenvalue weighted by Crippen LogP contribution is 2.62. The molecule has 1 aromatic carbocycles. The van der Waals surface area contributed by atoms with E-state index in [1.165, 1.54) is 41.4 Å². The molecule has 0 fully saturated rings. The Hall–Kier alpha value is -1.07. The van der Waals surface area contributed by atoms with Crippen LogP contribution >= 0.6 is 7.60 Å². The summed E-state index contributed by atoms with van der Waals surface area (Å²) in [6.45, 7) is 1.36. The molecule has 1 aromatic rings. The lowest BCUT2D eigenvalue weighted by atomic mass is 10.1. The highest BCUT2D eigenvalue weighted by Gasteiger charge is 2.46. The Bertz CT molecular complexity index is 477. The summed E-state index contributed by atoms with van der Waals surface area (Å²) in [7, 11) is 1.72. The Labute approximate surface area is 112 Å². The van der Waals surface area contributed by atoms with E-state index in [-0.39, 0.29) is 0 Å². The van der Waals surface area contributed by atoms with Gasteiger partial charge in [-0.25, -0.2) is 0 Å². The van der Waals surface area contributed by atoms with E-state index >= 15 is 0 Å². The predicted octanol–water partition coefficient (Wildman–Crippen LogP) is 2.35. The molecule has 6 nitrogen and oxygen atoms in total. The minimum absolute atomic E-state index is 0.345. The van der Waals surface area contributed by atoms with Gasteiger partial charge in [-0.2, -0.15) is 0 Å². The average molecular weight is 290 g/mol. The second-order valence-corrected chi connectivity index (χ2v) is 6.55. The van der Waals surface area contributed by atoms with E-state index < -0.39 is 12.9 Å². The van der Waals surface area contributed by atoms with E-state index in [1.807, 2.05) is 0 Å². The van der Waals surface area contributed by atoms with Crippen LogP contribution in [-0.4, -0.2) is 33.5 Å². The summed E-state index contributed by atoms with van der Waals surface area (Å²) in [6, 6.07) is 4.72. The maximum absolute atomic E-state index is 12.4. The van der Waals surface area contributed by atoms with Crippen molar-refractivity contribution in [2.24, 2.45) is 0 Å². The summed E-state index contributed by atoms with van der Waals surface area (Å²) in [6.07, 6.45) is 0. The molecule has 0 amide bonds. The molecule has 0 unspecified atom stereocenters. The summed E-state index contributed by atoms with van der Waals surface area (Å²) in [5, 5.41) is 8.68. The fourth-order valence-corrected chi connectivity index (χ4v) is 3.03. The van der Waals surface area contributed by atoms with Crippen LogP contribution in [0.2, 0.25) is 0 Å². The molecule has 0 aliphatic heterocycles. The zero-order valence-corrected chi connectivity index (χ0v) is 12.6. The van der Waals surface area contributed by atoms with Crippen LogP contribution in [0.25, 0.3) is 0 Å². The Morgan fingerprint density at radius 2 is 1.58 bits per heavy atom. The number of rotatable bonds is 6. The molecular formula is C12H19O6P. The van der Waals surface area contributed by atoms with Crippen molar-refractivity contribution in [1.82, 2.24) is 0 Å². The highest BCUT2D eigenvalue weighted by molar-refractivity contribution is 7.54. The molecule has 0 spiro atoms. The Balaban J connectivity index is 3.33. The fraction of sp³-hybridized carbons (Fsp3) is 0.500. The number of aliphatic hydroxyl groups is 1. The average Bonchev–Trinajstić information content (AvgIpc) is 2.45. The molecule has 0 bridgehead atoms. The van der Waals surface area contributed by atoms with Gasteiger partial charge in [-0.3, -0.25) is 4.57 Å². The van der Waals surface area contributed by atoms with Crippen molar-refractivity contribution in [2.45, 2.75) is 12.3 Å². The number of methoxy groups -OCH3 is 2. The lowest BCUT2D eigenvalue weighted by Crippen LogP contribution is -2.23. The van der Waals surface area contributed by atoms with Crippen LogP contribution in [-0.2, 0) is 19.0 Å². The van der Waals surface area contributed by atoms with Gasteiger partial charge in [0.15, 0.2) is 16.8 Å². The molecule has 0 saturated carbocycles. The molecule has 0 aliphatic rings. The molecule has 0 heterocycles. The highest BCUT2D eigenvalue weighted by atomic mass is 31.2. The number of ether oxygens (including phenoxy) is 2. The van der Waals surface area contributed by atoms with Gasteiger partial charge in [0.05, 0.1) is 14.2 Å². The Morgan fingerprint density at radius 1 is 1.05 bits per heavy atom. The van der Waals surface area contributed by atoms with Crippen molar-refractivity contribution in [2.75, 3.05) is 28.4 Å². The predicted molar refractivity (Wildman–Crippen MR) is 70.7 cm³/mol. The van der Waals surface area contributed by atoms with Crippen LogP contribution in [0.1, 0.15) is 12.5 Å². The third-order valence-corrected chi connectivity index (χ3v) is 5.23. The van der Waals surface area contributed by atoms with Gasteiger partial charge in [-0.05, 0) is 24.6 Å². The van der Waals surface area contributed by atoms with E-state index in [2.05, 4.69) is 0 Å². The first-order chi connectivity index (χ1) is 8.86. The van der Waals surface area contributed by atoms with Gasteiger partial charge >= 0.3 is 7.60 Å². The summed E-state index contributed by atoms with van der Waals surface area (Å²) >= 11 is 0. The first kappa shape index (κ1) is 16.0. The Kier molecular flexibility index (Phi) is 4.98. The van der Waals surface area contributed by atoms with Crippen LogP contribution < -0.4 is 9.47 Å². The zero-order valence-electron chi connectivity index (χ0n) is 11.7. The van der Waals surface area contributed by atoms with Crippen LogP contribution in [0.15, 0.2) is 18.2 Å². The van der Waals surface area contributed by atoms with Gasteiger partial charge in [-0.1, -0.05) is 6.07 Å². The maximum atomic E-state index is 12.4. The van der Waals surface area contributed by atoms with Crippen molar-refractivity contribution in [3.8, 4) is 11.5 Å². The lowest BCUT2D eigenvalue weighted by Gasteiger charge is -2.30. The van der Waals surface area contributed by atoms with Gasteiger partial charge < -0.3 is 23.6 Å².